The highest BCUT2D eigenvalue weighted by Crippen LogP contribution is 1.93. The molecule has 0 unspecified atom stereocenters. The summed E-state index contributed by atoms with van der Waals surface area (Å²) in [7, 11) is 0. The number of allylic oxidation sites excluding steroid dienone is 3. The summed E-state index contributed by atoms with van der Waals surface area (Å²) in [6.45, 7) is 1.95. The van der Waals surface area contributed by atoms with Gasteiger partial charge in [-0.1, -0.05) is 12.2 Å². The first-order valence-electron chi connectivity index (χ1n) is 2.01. The summed E-state index contributed by atoms with van der Waals surface area (Å²) in [6, 6.07) is 0. The Hall–Kier alpha value is 0.0100. The van der Waals surface area contributed by atoms with E-state index in [1.165, 1.54) is 0 Å². The van der Waals surface area contributed by atoms with Gasteiger partial charge in [-0.25, -0.2) is 0 Å². The maximum atomic E-state index is 5.28. The van der Waals surface area contributed by atoms with Crippen LogP contribution in [0.3, 0.4) is 0 Å². The standard InChI is InChI=1S/C5H8IN/c1-2-3-4-5(6)7/h2-4H,7H2,1H3/b3-2-,5-4-. The zero-order valence-electron chi connectivity index (χ0n) is 4.19. The van der Waals surface area contributed by atoms with Gasteiger partial charge in [-0.2, -0.15) is 0 Å². The Morgan fingerprint density at radius 1 is 1.71 bits per heavy atom. The molecule has 0 aromatic heterocycles. The Bertz CT molecular complexity index is 90.3. The molecule has 0 atom stereocenters. The highest BCUT2D eigenvalue weighted by Gasteiger charge is 1.68. The summed E-state index contributed by atoms with van der Waals surface area (Å²) < 4.78 is 0.815. The van der Waals surface area contributed by atoms with Crippen LogP contribution in [-0.2, 0) is 0 Å². The molecule has 0 amide bonds. The molecular weight excluding hydrogens is 201 g/mol. The second-order valence-corrected chi connectivity index (χ2v) is 2.32. The van der Waals surface area contributed by atoms with E-state index in [1.54, 1.807) is 0 Å². The Morgan fingerprint density at radius 3 is 2.43 bits per heavy atom. The van der Waals surface area contributed by atoms with Crippen molar-refractivity contribution in [1.29, 1.82) is 0 Å². The fourth-order valence-corrected chi connectivity index (χ4v) is 0.396. The minimum atomic E-state index is 0.815. The lowest BCUT2D eigenvalue weighted by atomic mass is 10.5. The first kappa shape index (κ1) is 7.01. The van der Waals surface area contributed by atoms with Crippen LogP contribution in [0.1, 0.15) is 6.92 Å². The molecule has 0 saturated carbocycles. The van der Waals surface area contributed by atoms with Gasteiger partial charge in [0.05, 0.1) is 3.70 Å². The maximum absolute atomic E-state index is 5.28. The molecular formula is C5H8IN. The van der Waals surface area contributed by atoms with Gasteiger partial charge in [0, 0.05) is 0 Å². The van der Waals surface area contributed by atoms with Crippen LogP contribution in [0.2, 0.25) is 0 Å². The third kappa shape index (κ3) is 6.01. The first-order chi connectivity index (χ1) is 3.27. The third-order valence-electron chi connectivity index (χ3n) is 0.448. The molecule has 0 heterocycles. The van der Waals surface area contributed by atoms with Crippen molar-refractivity contribution in [3.8, 4) is 0 Å². The highest BCUT2D eigenvalue weighted by molar-refractivity contribution is 14.1. The van der Waals surface area contributed by atoms with Crippen molar-refractivity contribution >= 4 is 22.6 Å². The molecule has 0 aromatic carbocycles. The Morgan fingerprint density at radius 2 is 2.29 bits per heavy atom. The van der Waals surface area contributed by atoms with Crippen molar-refractivity contribution < 1.29 is 0 Å². The van der Waals surface area contributed by atoms with Gasteiger partial charge in [-0.05, 0) is 35.6 Å². The topological polar surface area (TPSA) is 26.0 Å². The molecule has 0 bridgehead atoms. The van der Waals surface area contributed by atoms with Crippen molar-refractivity contribution in [2.75, 3.05) is 0 Å². The molecule has 40 valence electrons. The first-order valence-corrected chi connectivity index (χ1v) is 3.09. The quantitative estimate of drug-likeness (QED) is 0.397. The summed E-state index contributed by atoms with van der Waals surface area (Å²) in [4.78, 5) is 0. The molecule has 0 aliphatic rings. The smallest absolute Gasteiger partial charge is 0.0705 e. The molecule has 2 N–H and O–H groups in total. The van der Waals surface area contributed by atoms with Crippen molar-refractivity contribution in [3.05, 3.63) is 21.9 Å². The normalized spacial score (nSPS) is 13.1. The van der Waals surface area contributed by atoms with Crippen molar-refractivity contribution in [1.82, 2.24) is 0 Å². The zero-order valence-corrected chi connectivity index (χ0v) is 6.34. The monoisotopic (exact) mass is 209 g/mol. The van der Waals surface area contributed by atoms with Gasteiger partial charge in [0.25, 0.3) is 0 Å². The number of halogens is 1. The molecule has 7 heavy (non-hydrogen) atoms. The van der Waals surface area contributed by atoms with Crippen LogP contribution < -0.4 is 5.73 Å². The van der Waals surface area contributed by atoms with Gasteiger partial charge in [-0.3, -0.25) is 0 Å². The average Bonchev–Trinajstić information content (AvgIpc) is 1.61. The number of nitrogens with two attached hydrogens (primary N) is 1. The zero-order chi connectivity index (χ0) is 5.70. The molecule has 0 aliphatic heterocycles. The summed E-state index contributed by atoms with van der Waals surface area (Å²) in [6.07, 6.45) is 5.69. The van der Waals surface area contributed by atoms with Crippen LogP contribution >= 0.6 is 22.6 Å². The lowest BCUT2D eigenvalue weighted by Gasteiger charge is -1.77. The van der Waals surface area contributed by atoms with E-state index >= 15 is 0 Å². The SMILES string of the molecule is C/C=C\C=C(/N)I. The predicted octanol–water partition coefficient (Wildman–Crippen LogP) is 1.80. The van der Waals surface area contributed by atoms with Crippen LogP contribution in [0.5, 0.6) is 0 Å². The Labute approximate surface area is 57.4 Å². The average molecular weight is 209 g/mol. The molecule has 0 aliphatic carbocycles. The van der Waals surface area contributed by atoms with E-state index in [9.17, 15) is 0 Å². The second-order valence-electron chi connectivity index (χ2n) is 1.08. The van der Waals surface area contributed by atoms with E-state index in [4.69, 9.17) is 5.73 Å². The van der Waals surface area contributed by atoms with Gasteiger partial charge in [-0.15, -0.1) is 0 Å². The van der Waals surface area contributed by atoms with E-state index in [-0.39, 0.29) is 0 Å². The van der Waals surface area contributed by atoms with E-state index in [0.29, 0.717) is 0 Å². The second kappa shape index (κ2) is 4.18. The number of rotatable bonds is 1. The molecule has 0 rings (SSSR count). The molecule has 0 aromatic rings. The molecule has 1 nitrogen and oxygen atoms in total. The van der Waals surface area contributed by atoms with Crippen LogP contribution in [0.4, 0.5) is 0 Å². The summed E-state index contributed by atoms with van der Waals surface area (Å²) in [5.41, 5.74) is 5.28. The van der Waals surface area contributed by atoms with Crippen LogP contribution in [0.25, 0.3) is 0 Å². The van der Waals surface area contributed by atoms with Gasteiger partial charge in [0.1, 0.15) is 0 Å². The minimum Gasteiger partial charge on any atom is -0.394 e. The molecule has 0 saturated heterocycles. The van der Waals surface area contributed by atoms with E-state index in [1.807, 2.05) is 25.2 Å². The fourth-order valence-electron chi connectivity index (χ4n) is 0.188. The van der Waals surface area contributed by atoms with E-state index in [0.717, 1.165) is 3.70 Å². The van der Waals surface area contributed by atoms with E-state index in [2.05, 4.69) is 22.6 Å². The fraction of sp³-hybridized carbons (Fsp3) is 0.200. The molecule has 0 radical (unpaired) electrons. The van der Waals surface area contributed by atoms with Gasteiger partial charge in [0.15, 0.2) is 0 Å². The van der Waals surface area contributed by atoms with Crippen molar-refractivity contribution in [3.63, 3.8) is 0 Å². The molecule has 2 heteroatoms. The summed E-state index contributed by atoms with van der Waals surface area (Å²) in [5.74, 6) is 0. The third-order valence-corrected chi connectivity index (χ3v) is 0.807. The van der Waals surface area contributed by atoms with Crippen molar-refractivity contribution in [2.45, 2.75) is 6.92 Å². The Balaban J connectivity index is 3.46. The van der Waals surface area contributed by atoms with Crippen molar-refractivity contribution in [2.24, 2.45) is 5.73 Å². The maximum Gasteiger partial charge on any atom is 0.0705 e. The summed E-state index contributed by atoms with van der Waals surface area (Å²) >= 11 is 2.05. The van der Waals surface area contributed by atoms with Gasteiger partial charge >= 0.3 is 0 Å². The predicted molar refractivity (Wildman–Crippen MR) is 41.1 cm³/mol. The number of hydrogen-bond acceptors (Lipinski definition) is 1. The van der Waals surface area contributed by atoms with E-state index < -0.39 is 0 Å². The lowest BCUT2D eigenvalue weighted by Crippen LogP contribution is -1.82. The van der Waals surface area contributed by atoms with Crippen LogP contribution in [-0.4, -0.2) is 0 Å². The largest absolute Gasteiger partial charge is 0.394 e. The van der Waals surface area contributed by atoms with Crippen LogP contribution in [0.15, 0.2) is 21.9 Å². The highest BCUT2D eigenvalue weighted by atomic mass is 127. The lowest BCUT2D eigenvalue weighted by molar-refractivity contribution is 1.57. The molecule has 0 fully saturated rings. The van der Waals surface area contributed by atoms with Gasteiger partial charge < -0.3 is 5.73 Å². The molecule has 0 spiro atoms. The summed E-state index contributed by atoms with van der Waals surface area (Å²) in [5, 5.41) is 0. The minimum absolute atomic E-state index is 0.815. The Kier molecular flexibility index (Phi) is 4.18. The van der Waals surface area contributed by atoms with Crippen LogP contribution in [0, 0.1) is 0 Å². The number of hydrogen-bond donors (Lipinski definition) is 1. The van der Waals surface area contributed by atoms with Gasteiger partial charge in [0.2, 0.25) is 0 Å².